The second kappa shape index (κ2) is 11.3. The third-order valence-corrected chi connectivity index (χ3v) is 6.74. The van der Waals surface area contributed by atoms with Crippen molar-refractivity contribution in [3.63, 3.8) is 0 Å². The van der Waals surface area contributed by atoms with Crippen LogP contribution in [0.25, 0.3) is 0 Å². The standard InChI is InChI=1S/C26H29FN4O2S/c1-18-6-5-7-19(16-18)14-15-31(26(33)23-17-28-34-30-23)24(20-10-12-21(27)13-11-20)25(32)29-22-8-3-2-4-9-22/h5-7,10-13,16-17,22,24H,2-4,8-9,14-15H2,1H3,(H,29,32)/t24-/m1/s1. The number of hydrogen-bond donors (Lipinski definition) is 1. The van der Waals surface area contributed by atoms with E-state index in [9.17, 15) is 14.0 Å². The van der Waals surface area contributed by atoms with Crippen LogP contribution in [0.5, 0.6) is 0 Å². The summed E-state index contributed by atoms with van der Waals surface area (Å²) in [6.07, 6.45) is 7.17. The van der Waals surface area contributed by atoms with Gasteiger partial charge < -0.3 is 10.2 Å². The summed E-state index contributed by atoms with van der Waals surface area (Å²) < 4.78 is 21.8. The Morgan fingerprint density at radius 3 is 2.59 bits per heavy atom. The summed E-state index contributed by atoms with van der Waals surface area (Å²) in [5.74, 6) is -1.01. The third kappa shape index (κ3) is 6.05. The average molecular weight is 481 g/mol. The molecule has 0 saturated heterocycles. The van der Waals surface area contributed by atoms with Crippen molar-refractivity contribution in [2.45, 2.75) is 57.5 Å². The Balaban J connectivity index is 1.67. The van der Waals surface area contributed by atoms with Crippen molar-refractivity contribution in [3.05, 3.63) is 82.9 Å². The molecule has 1 heterocycles. The molecule has 1 aliphatic carbocycles. The van der Waals surface area contributed by atoms with Crippen molar-refractivity contribution in [2.24, 2.45) is 0 Å². The molecule has 0 bridgehead atoms. The summed E-state index contributed by atoms with van der Waals surface area (Å²) in [7, 11) is 0. The van der Waals surface area contributed by atoms with E-state index in [1.807, 2.05) is 25.1 Å². The van der Waals surface area contributed by atoms with Crippen molar-refractivity contribution in [2.75, 3.05) is 6.54 Å². The van der Waals surface area contributed by atoms with Gasteiger partial charge in [-0.2, -0.15) is 8.75 Å². The van der Waals surface area contributed by atoms with Gasteiger partial charge in [0.2, 0.25) is 5.91 Å². The summed E-state index contributed by atoms with van der Waals surface area (Å²) in [6, 6.07) is 13.1. The van der Waals surface area contributed by atoms with E-state index in [1.54, 1.807) is 17.0 Å². The Labute approximate surface area is 203 Å². The molecule has 3 aromatic rings. The summed E-state index contributed by atoms with van der Waals surface area (Å²) >= 11 is 0.950. The summed E-state index contributed by atoms with van der Waals surface area (Å²) in [5, 5.41) is 3.16. The number of amides is 2. The van der Waals surface area contributed by atoms with E-state index in [-0.39, 0.29) is 23.6 Å². The fraction of sp³-hybridized carbons (Fsp3) is 0.385. The van der Waals surface area contributed by atoms with Crippen molar-refractivity contribution in [3.8, 4) is 0 Å². The van der Waals surface area contributed by atoms with E-state index in [1.165, 1.54) is 24.8 Å². The molecule has 1 fully saturated rings. The molecule has 0 spiro atoms. The van der Waals surface area contributed by atoms with E-state index in [2.05, 4.69) is 20.1 Å². The number of aryl methyl sites for hydroxylation is 1. The first-order valence-corrected chi connectivity index (χ1v) is 12.4. The van der Waals surface area contributed by atoms with Gasteiger partial charge in [-0.3, -0.25) is 9.59 Å². The predicted octanol–water partition coefficient (Wildman–Crippen LogP) is 4.86. The van der Waals surface area contributed by atoms with Gasteiger partial charge in [0.05, 0.1) is 17.9 Å². The van der Waals surface area contributed by atoms with E-state index in [0.717, 1.165) is 48.5 Å². The lowest BCUT2D eigenvalue weighted by Gasteiger charge is -2.33. The van der Waals surface area contributed by atoms with Gasteiger partial charge in [-0.15, -0.1) is 0 Å². The van der Waals surface area contributed by atoms with Crippen LogP contribution in [0.4, 0.5) is 4.39 Å². The van der Waals surface area contributed by atoms with Crippen LogP contribution in [-0.2, 0) is 11.2 Å². The summed E-state index contributed by atoms with van der Waals surface area (Å²) in [4.78, 5) is 28.7. The van der Waals surface area contributed by atoms with Crippen LogP contribution in [0.1, 0.15) is 65.3 Å². The van der Waals surface area contributed by atoms with Crippen LogP contribution in [0, 0.1) is 12.7 Å². The number of nitrogens with zero attached hydrogens (tertiary/aromatic N) is 3. The van der Waals surface area contributed by atoms with Gasteiger partial charge in [0.1, 0.15) is 11.9 Å². The number of carbonyl (C=O) groups is 2. The molecule has 1 aliphatic rings. The van der Waals surface area contributed by atoms with Crippen molar-refractivity contribution in [1.29, 1.82) is 0 Å². The lowest BCUT2D eigenvalue weighted by Crippen LogP contribution is -2.47. The normalized spacial score (nSPS) is 15.0. The highest BCUT2D eigenvalue weighted by molar-refractivity contribution is 6.99. The summed E-state index contributed by atoms with van der Waals surface area (Å²) in [5.41, 5.74) is 2.96. The molecule has 2 aromatic carbocycles. The second-order valence-corrected chi connectivity index (χ2v) is 9.38. The fourth-order valence-electron chi connectivity index (χ4n) is 4.52. The maximum Gasteiger partial charge on any atom is 0.276 e. The van der Waals surface area contributed by atoms with Crippen LogP contribution in [-0.4, -0.2) is 38.0 Å². The average Bonchev–Trinajstić information content (AvgIpc) is 3.38. The van der Waals surface area contributed by atoms with Crippen molar-refractivity contribution in [1.82, 2.24) is 19.0 Å². The van der Waals surface area contributed by atoms with Crippen LogP contribution in [0.2, 0.25) is 0 Å². The van der Waals surface area contributed by atoms with E-state index in [0.29, 0.717) is 18.5 Å². The summed E-state index contributed by atoms with van der Waals surface area (Å²) in [6.45, 7) is 2.33. The quantitative estimate of drug-likeness (QED) is 0.500. The molecular formula is C26H29FN4O2S. The lowest BCUT2D eigenvalue weighted by molar-refractivity contribution is -0.126. The molecule has 34 heavy (non-hydrogen) atoms. The molecule has 8 heteroatoms. The Kier molecular flexibility index (Phi) is 8.00. The molecule has 1 saturated carbocycles. The highest BCUT2D eigenvalue weighted by Gasteiger charge is 2.34. The zero-order valence-electron chi connectivity index (χ0n) is 19.2. The van der Waals surface area contributed by atoms with Gasteiger partial charge in [-0.25, -0.2) is 4.39 Å². The van der Waals surface area contributed by atoms with Gasteiger partial charge in [0.15, 0.2) is 5.69 Å². The number of carbonyl (C=O) groups excluding carboxylic acids is 2. The minimum Gasteiger partial charge on any atom is -0.351 e. The predicted molar refractivity (Wildman–Crippen MR) is 130 cm³/mol. The number of hydrogen-bond acceptors (Lipinski definition) is 5. The van der Waals surface area contributed by atoms with Gasteiger partial charge >= 0.3 is 0 Å². The number of benzene rings is 2. The number of halogens is 1. The molecule has 1 N–H and O–H groups in total. The first-order valence-electron chi connectivity index (χ1n) is 11.7. The van der Waals surface area contributed by atoms with Crippen LogP contribution in [0.3, 0.4) is 0 Å². The molecular weight excluding hydrogens is 451 g/mol. The Bertz CT molecular complexity index is 1100. The molecule has 0 unspecified atom stereocenters. The molecule has 2 amide bonds. The molecule has 0 aliphatic heterocycles. The van der Waals surface area contributed by atoms with E-state index in [4.69, 9.17) is 0 Å². The van der Waals surface area contributed by atoms with Crippen LogP contribution >= 0.6 is 11.7 Å². The second-order valence-electron chi connectivity index (χ2n) is 8.83. The molecule has 178 valence electrons. The third-order valence-electron chi connectivity index (χ3n) is 6.26. The SMILES string of the molecule is Cc1cccc(CCN(C(=O)c2cnsn2)[C@@H](C(=O)NC2CCCCC2)c2ccc(F)cc2)c1. The molecule has 1 aromatic heterocycles. The first-order chi connectivity index (χ1) is 16.5. The minimum absolute atomic E-state index is 0.0823. The lowest BCUT2D eigenvalue weighted by atomic mass is 9.94. The Hall–Kier alpha value is -3.13. The minimum atomic E-state index is -0.901. The van der Waals surface area contributed by atoms with Crippen molar-refractivity contribution >= 4 is 23.5 Å². The smallest absolute Gasteiger partial charge is 0.276 e. The first kappa shape index (κ1) is 24.0. The fourth-order valence-corrected chi connectivity index (χ4v) is 4.92. The number of nitrogens with one attached hydrogen (secondary N) is 1. The molecule has 6 nitrogen and oxygen atoms in total. The Morgan fingerprint density at radius 2 is 1.91 bits per heavy atom. The van der Waals surface area contributed by atoms with E-state index >= 15 is 0 Å². The topological polar surface area (TPSA) is 75.2 Å². The largest absolute Gasteiger partial charge is 0.351 e. The van der Waals surface area contributed by atoms with Crippen molar-refractivity contribution < 1.29 is 14.0 Å². The zero-order chi connectivity index (χ0) is 23.9. The molecule has 4 rings (SSSR count). The van der Waals surface area contributed by atoms with Gasteiger partial charge in [-0.05, 0) is 49.4 Å². The molecule has 0 radical (unpaired) electrons. The van der Waals surface area contributed by atoms with E-state index < -0.39 is 11.9 Å². The van der Waals surface area contributed by atoms with Gasteiger partial charge in [-0.1, -0.05) is 61.2 Å². The highest BCUT2D eigenvalue weighted by Crippen LogP contribution is 2.26. The molecule has 1 atom stereocenters. The van der Waals surface area contributed by atoms with Gasteiger partial charge in [0.25, 0.3) is 5.91 Å². The maximum atomic E-state index is 13.7. The number of aromatic nitrogens is 2. The zero-order valence-corrected chi connectivity index (χ0v) is 20.1. The number of rotatable bonds is 8. The maximum absolute atomic E-state index is 13.7. The Morgan fingerprint density at radius 1 is 1.15 bits per heavy atom. The van der Waals surface area contributed by atoms with Crippen LogP contribution in [0.15, 0.2) is 54.7 Å². The van der Waals surface area contributed by atoms with Gasteiger partial charge in [0, 0.05) is 12.6 Å². The highest BCUT2D eigenvalue weighted by atomic mass is 32.1. The van der Waals surface area contributed by atoms with Crippen LogP contribution < -0.4 is 5.32 Å². The monoisotopic (exact) mass is 480 g/mol.